The molecular weight excluding hydrogens is 332 g/mol. The zero-order chi connectivity index (χ0) is 17.8. The molecule has 0 amide bonds. The Balaban J connectivity index is 2.08. The first-order valence-electron chi connectivity index (χ1n) is 8.06. The van der Waals surface area contributed by atoms with Crippen LogP contribution in [-0.4, -0.2) is 21.1 Å². The highest BCUT2D eigenvalue weighted by Crippen LogP contribution is 2.33. The summed E-state index contributed by atoms with van der Waals surface area (Å²) in [6.07, 6.45) is 11.1. The highest BCUT2D eigenvalue weighted by molar-refractivity contribution is 7.25. The van der Waals surface area contributed by atoms with Crippen LogP contribution in [0.15, 0.2) is 59.8 Å². The molecule has 0 radical (unpaired) electrons. The average Bonchev–Trinajstić information content (AvgIpc) is 3.01. The van der Waals surface area contributed by atoms with Crippen molar-refractivity contribution in [2.24, 2.45) is 0 Å². The van der Waals surface area contributed by atoms with Gasteiger partial charge in [0, 0.05) is 25.0 Å². The fourth-order valence-electron chi connectivity index (χ4n) is 2.49. The van der Waals surface area contributed by atoms with Gasteiger partial charge in [0.25, 0.3) is 5.56 Å². The number of fused-ring (bicyclic) bond motifs is 3. The lowest BCUT2D eigenvalue weighted by Gasteiger charge is -2.05. The molecule has 25 heavy (non-hydrogen) atoms. The van der Waals surface area contributed by atoms with Gasteiger partial charge in [-0.1, -0.05) is 29.9 Å². The number of rotatable bonds is 6. The number of hydrogen-bond donors (Lipinski definition) is 1. The minimum atomic E-state index is -0.0366. The maximum Gasteiger partial charge on any atom is 0.271 e. The minimum absolute atomic E-state index is 0.0366. The Labute approximate surface area is 150 Å². The maximum atomic E-state index is 12.8. The summed E-state index contributed by atoms with van der Waals surface area (Å²) in [5.74, 6) is 0. The predicted octanol–water partition coefficient (Wildman–Crippen LogP) is 4.13. The maximum absolute atomic E-state index is 12.8. The largest absolute Gasteiger partial charge is 0.381 e. The summed E-state index contributed by atoms with van der Waals surface area (Å²) < 4.78 is 2.25. The van der Waals surface area contributed by atoms with E-state index in [1.807, 2.05) is 38.1 Å². The first-order valence-corrected chi connectivity index (χ1v) is 8.88. The van der Waals surface area contributed by atoms with Gasteiger partial charge in [-0.15, -0.1) is 17.9 Å². The van der Waals surface area contributed by atoms with E-state index in [9.17, 15) is 4.79 Å². The van der Waals surface area contributed by atoms with Crippen molar-refractivity contribution in [1.29, 1.82) is 0 Å². The summed E-state index contributed by atoms with van der Waals surface area (Å²) in [4.78, 5) is 22.5. The van der Waals surface area contributed by atoms with Gasteiger partial charge in [0.1, 0.15) is 9.53 Å². The summed E-state index contributed by atoms with van der Waals surface area (Å²) in [5.41, 5.74) is 2.75. The number of aromatic nitrogens is 3. The van der Waals surface area contributed by atoms with Crippen LogP contribution in [0.25, 0.3) is 20.4 Å². The van der Waals surface area contributed by atoms with Gasteiger partial charge in [-0.05, 0) is 19.9 Å². The number of nitrogens with one attached hydrogen (secondary N) is 1. The van der Waals surface area contributed by atoms with Crippen molar-refractivity contribution in [1.82, 2.24) is 14.5 Å². The lowest BCUT2D eigenvalue weighted by atomic mass is 10.2. The molecule has 0 aliphatic carbocycles. The van der Waals surface area contributed by atoms with Crippen molar-refractivity contribution in [3.05, 3.63) is 65.4 Å². The topological polar surface area (TPSA) is 59.8 Å². The van der Waals surface area contributed by atoms with Gasteiger partial charge < -0.3 is 5.32 Å². The smallest absolute Gasteiger partial charge is 0.271 e. The van der Waals surface area contributed by atoms with E-state index in [1.165, 1.54) is 11.3 Å². The molecule has 3 aromatic rings. The van der Waals surface area contributed by atoms with Gasteiger partial charge in [0.15, 0.2) is 0 Å². The van der Waals surface area contributed by atoms with Gasteiger partial charge in [-0.3, -0.25) is 9.36 Å². The van der Waals surface area contributed by atoms with Gasteiger partial charge in [-0.2, -0.15) is 0 Å². The van der Waals surface area contributed by atoms with E-state index in [2.05, 4.69) is 21.9 Å². The average molecular weight is 352 g/mol. The highest BCUT2D eigenvalue weighted by Gasteiger charge is 2.14. The first kappa shape index (κ1) is 17.1. The molecular formula is C19H20N4OS. The van der Waals surface area contributed by atoms with E-state index in [1.54, 1.807) is 23.2 Å². The normalized spacial score (nSPS) is 12.3. The van der Waals surface area contributed by atoms with E-state index in [4.69, 9.17) is 0 Å². The number of allylic oxidation sites excluding steroid dienone is 4. The highest BCUT2D eigenvalue weighted by atomic mass is 32.1. The third kappa shape index (κ3) is 3.39. The van der Waals surface area contributed by atoms with Crippen LogP contribution in [0.4, 0.5) is 5.69 Å². The first-order chi connectivity index (χ1) is 12.2. The second kappa shape index (κ2) is 7.44. The van der Waals surface area contributed by atoms with Gasteiger partial charge >= 0.3 is 0 Å². The number of hydrogen-bond acceptors (Lipinski definition) is 5. The van der Waals surface area contributed by atoms with E-state index in [0.717, 1.165) is 21.5 Å². The lowest BCUT2D eigenvalue weighted by molar-refractivity contribution is 0.768. The predicted molar refractivity (Wildman–Crippen MR) is 106 cm³/mol. The van der Waals surface area contributed by atoms with Crippen molar-refractivity contribution < 1.29 is 0 Å². The third-order valence-corrected chi connectivity index (χ3v) is 5.00. The number of nitrogens with zero attached hydrogens (tertiary/aromatic N) is 3. The molecule has 0 spiro atoms. The molecule has 0 aliphatic rings. The van der Waals surface area contributed by atoms with E-state index in [-0.39, 0.29) is 5.56 Å². The number of thiophene rings is 1. The van der Waals surface area contributed by atoms with E-state index in [0.29, 0.717) is 23.3 Å². The Bertz CT molecular complexity index is 1040. The van der Waals surface area contributed by atoms with Crippen LogP contribution >= 0.6 is 11.3 Å². The molecule has 3 rings (SSSR count). The summed E-state index contributed by atoms with van der Waals surface area (Å²) >= 11 is 1.39. The van der Waals surface area contributed by atoms with Crippen LogP contribution in [0.2, 0.25) is 0 Å². The van der Waals surface area contributed by atoms with Crippen molar-refractivity contribution in [2.75, 3.05) is 11.9 Å². The number of pyridine rings is 1. The summed E-state index contributed by atoms with van der Waals surface area (Å²) in [6, 6.07) is 1.90. The zero-order valence-electron chi connectivity index (χ0n) is 14.3. The summed E-state index contributed by atoms with van der Waals surface area (Å²) in [7, 11) is 0. The van der Waals surface area contributed by atoms with Crippen LogP contribution in [0, 0.1) is 0 Å². The molecule has 6 heteroatoms. The minimum Gasteiger partial charge on any atom is -0.381 e. The molecule has 0 aliphatic heterocycles. The van der Waals surface area contributed by atoms with Gasteiger partial charge in [0.2, 0.25) is 0 Å². The standard InChI is InChI=1S/C19H20N4OS/c1-4-9-20-14-8-10-21-18-15(14)16-17(25-18)19(24)23(12-22-16)11-6-7-13(3)5-2/h4-8,10,12H,1,9,11H2,2-3H3,(H,20,21)/b7-6-,13-5-. The Hall–Kier alpha value is -2.73. The second-order valence-electron chi connectivity index (χ2n) is 5.63. The molecule has 0 unspecified atom stereocenters. The molecule has 0 atom stereocenters. The van der Waals surface area contributed by atoms with E-state index < -0.39 is 0 Å². The molecule has 0 saturated carbocycles. The summed E-state index contributed by atoms with van der Waals surface area (Å²) in [6.45, 7) is 8.87. The molecule has 0 aromatic carbocycles. The molecule has 0 fully saturated rings. The molecule has 0 saturated heterocycles. The number of anilines is 1. The fourth-order valence-corrected chi connectivity index (χ4v) is 3.57. The Morgan fingerprint density at radius 2 is 2.28 bits per heavy atom. The van der Waals surface area contributed by atoms with Crippen LogP contribution in [0.5, 0.6) is 0 Å². The van der Waals surface area contributed by atoms with Crippen molar-refractivity contribution in [3.8, 4) is 0 Å². The second-order valence-corrected chi connectivity index (χ2v) is 6.62. The van der Waals surface area contributed by atoms with Gasteiger partial charge in [0.05, 0.1) is 17.2 Å². The molecule has 5 nitrogen and oxygen atoms in total. The van der Waals surface area contributed by atoms with E-state index >= 15 is 0 Å². The van der Waals surface area contributed by atoms with Crippen LogP contribution in [-0.2, 0) is 6.54 Å². The molecule has 128 valence electrons. The molecule has 0 bridgehead atoms. The third-order valence-electron chi connectivity index (χ3n) is 3.92. The Morgan fingerprint density at radius 3 is 3.04 bits per heavy atom. The molecule has 3 heterocycles. The Morgan fingerprint density at radius 1 is 1.44 bits per heavy atom. The SMILES string of the molecule is C=CCNc1ccnc2sc3c(=O)n(C/C=C\C(C)=C/C)cnc3c12. The van der Waals surface area contributed by atoms with Crippen LogP contribution in [0.1, 0.15) is 13.8 Å². The summed E-state index contributed by atoms with van der Waals surface area (Å²) in [5, 5.41) is 4.18. The monoisotopic (exact) mass is 352 g/mol. The van der Waals surface area contributed by atoms with Crippen molar-refractivity contribution in [2.45, 2.75) is 20.4 Å². The van der Waals surface area contributed by atoms with Crippen molar-refractivity contribution in [3.63, 3.8) is 0 Å². The quantitative estimate of drug-likeness (QED) is 0.535. The fraction of sp³-hybridized carbons (Fsp3) is 0.211. The van der Waals surface area contributed by atoms with Gasteiger partial charge in [-0.25, -0.2) is 9.97 Å². The van der Waals surface area contributed by atoms with Crippen LogP contribution in [0.3, 0.4) is 0 Å². The zero-order valence-corrected chi connectivity index (χ0v) is 15.1. The lowest BCUT2D eigenvalue weighted by Crippen LogP contribution is -2.18. The van der Waals surface area contributed by atoms with Crippen LogP contribution < -0.4 is 10.9 Å². The molecule has 1 N–H and O–H groups in total. The molecule has 3 aromatic heterocycles. The van der Waals surface area contributed by atoms with Crippen molar-refractivity contribution >= 4 is 37.5 Å². The Kier molecular flexibility index (Phi) is 5.09.